The third kappa shape index (κ3) is 1.62. The SMILES string of the molecule is COc1ccc(-c2c[nH]c(=O)[nH]2)c(C)c1C. The molecule has 16 heavy (non-hydrogen) atoms. The molecular weight excluding hydrogens is 204 g/mol. The molecule has 2 aromatic rings. The van der Waals surface area contributed by atoms with E-state index in [4.69, 9.17) is 4.74 Å². The number of rotatable bonds is 2. The maximum absolute atomic E-state index is 11.0. The van der Waals surface area contributed by atoms with Gasteiger partial charge in [-0.3, -0.25) is 0 Å². The number of aromatic nitrogens is 2. The van der Waals surface area contributed by atoms with E-state index in [9.17, 15) is 4.79 Å². The fraction of sp³-hybridized carbons (Fsp3) is 0.250. The Bertz CT molecular complexity index is 567. The van der Waals surface area contributed by atoms with Gasteiger partial charge in [0.15, 0.2) is 0 Å². The van der Waals surface area contributed by atoms with Crippen LogP contribution in [0.15, 0.2) is 23.1 Å². The Labute approximate surface area is 93.3 Å². The lowest BCUT2D eigenvalue weighted by atomic mass is 10.0. The summed E-state index contributed by atoms with van der Waals surface area (Å²) in [5.74, 6) is 0.860. The van der Waals surface area contributed by atoms with Crippen LogP contribution in [0.3, 0.4) is 0 Å². The lowest BCUT2D eigenvalue weighted by Gasteiger charge is -2.11. The number of aromatic amines is 2. The highest BCUT2D eigenvalue weighted by Gasteiger charge is 2.09. The topological polar surface area (TPSA) is 57.9 Å². The highest BCUT2D eigenvalue weighted by molar-refractivity contribution is 5.66. The molecule has 0 fully saturated rings. The zero-order valence-corrected chi connectivity index (χ0v) is 9.55. The van der Waals surface area contributed by atoms with Crippen molar-refractivity contribution in [1.82, 2.24) is 9.97 Å². The van der Waals surface area contributed by atoms with Crippen LogP contribution in [0.2, 0.25) is 0 Å². The van der Waals surface area contributed by atoms with Gasteiger partial charge in [-0.15, -0.1) is 0 Å². The summed E-state index contributed by atoms with van der Waals surface area (Å²) in [5.41, 5.74) is 3.81. The highest BCUT2D eigenvalue weighted by Crippen LogP contribution is 2.29. The van der Waals surface area contributed by atoms with Gasteiger partial charge in [0.05, 0.1) is 12.8 Å². The Balaban J connectivity index is 2.59. The molecule has 0 amide bonds. The standard InChI is InChI=1S/C12H14N2O2/c1-7-8(2)11(16-3)5-4-9(7)10-6-13-12(15)14-10/h4-6H,1-3H3,(H2,13,14,15). The van der Waals surface area contributed by atoms with Crippen LogP contribution in [-0.4, -0.2) is 17.1 Å². The fourth-order valence-corrected chi connectivity index (χ4v) is 1.79. The van der Waals surface area contributed by atoms with Crippen molar-refractivity contribution in [3.8, 4) is 17.0 Å². The van der Waals surface area contributed by atoms with Crippen molar-refractivity contribution >= 4 is 0 Å². The summed E-state index contributed by atoms with van der Waals surface area (Å²) in [5, 5.41) is 0. The number of hydrogen-bond donors (Lipinski definition) is 2. The first-order chi connectivity index (χ1) is 7.63. The summed E-state index contributed by atoms with van der Waals surface area (Å²) in [6.45, 7) is 4.01. The van der Waals surface area contributed by atoms with E-state index in [-0.39, 0.29) is 5.69 Å². The average molecular weight is 218 g/mol. The maximum atomic E-state index is 11.0. The third-order valence-electron chi connectivity index (χ3n) is 2.84. The first-order valence-electron chi connectivity index (χ1n) is 5.05. The minimum absolute atomic E-state index is 0.192. The number of benzene rings is 1. The number of hydrogen-bond acceptors (Lipinski definition) is 2. The van der Waals surface area contributed by atoms with Crippen LogP contribution in [-0.2, 0) is 0 Å². The van der Waals surface area contributed by atoms with E-state index in [2.05, 4.69) is 9.97 Å². The monoisotopic (exact) mass is 218 g/mol. The third-order valence-corrected chi connectivity index (χ3v) is 2.84. The van der Waals surface area contributed by atoms with Gasteiger partial charge in [0.2, 0.25) is 0 Å². The average Bonchev–Trinajstić information content (AvgIpc) is 2.69. The molecule has 0 saturated heterocycles. The van der Waals surface area contributed by atoms with Gasteiger partial charge in [-0.1, -0.05) is 0 Å². The second-order valence-corrected chi connectivity index (χ2v) is 3.72. The number of ether oxygens (including phenoxy) is 1. The van der Waals surface area contributed by atoms with Crippen molar-refractivity contribution < 1.29 is 4.74 Å². The van der Waals surface area contributed by atoms with Gasteiger partial charge in [-0.2, -0.15) is 0 Å². The Hall–Kier alpha value is -1.97. The van der Waals surface area contributed by atoms with Gasteiger partial charge in [-0.05, 0) is 37.1 Å². The van der Waals surface area contributed by atoms with Gasteiger partial charge < -0.3 is 14.7 Å². The molecule has 84 valence electrons. The molecule has 0 unspecified atom stereocenters. The molecule has 2 rings (SSSR count). The van der Waals surface area contributed by atoms with Crippen LogP contribution in [0.25, 0.3) is 11.3 Å². The molecule has 4 nitrogen and oxygen atoms in total. The van der Waals surface area contributed by atoms with E-state index in [0.717, 1.165) is 28.1 Å². The van der Waals surface area contributed by atoms with Gasteiger partial charge in [0.1, 0.15) is 5.75 Å². The van der Waals surface area contributed by atoms with Crippen molar-refractivity contribution in [2.75, 3.05) is 7.11 Å². The first-order valence-corrected chi connectivity index (χ1v) is 5.05. The lowest BCUT2D eigenvalue weighted by molar-refractivity contribution is 0.411. The van der Waals surface area contributed by atoms with E-state index in [1.54, 1.807) is 13.3 Å². The van der Waals surface area contributed by atoms with Crippen LogP contribution < -0.4 is 10.4 Å². The van der Waals surface area contributed by atoms with Crippen LogP contribution in [0.1, 0.15) is 11.1 Å². The largest absolute Gasteiger partial charge is 0.496 e. The van der Waals surface area contributed by atoms with Crippen molar-refractivity contribution in [2.45, 2.75) is 13.8 Å². The number of imidazole rings is 1. The molecule has 0 aliphatic heterocycles. The van der Waals surface area contributed by atoms with E-state index in [0.29, 0.717) is 0 Å². The smallest absolute Gasteiger partial charge is 0.323 e. The maximum Gasteiger partial charge on any atom is 0.323 e. The molecule has 0 bridgehead atoms. The van der Waals surface area contributed by atoms with Crippen molar-refractivity contribution in [1.29, 1.82) is 0 Å². The molecule has 2 N–H and O–H groups in total. The molecule has 1 aromatic heterocycles. The zero-order valence-electron chi connectivity index (χ0n) is 9.55. The van der Waals surface area contributed by atoms with E-state index < -0.39 is 0 Å². The summed E-state index contributed by atoms with van der Waals surface area (Å²) < 4.78 is 5.24. The van der Waals surface area contributed by atoms with Crippen molar-refractivity contribution in [3.63, 3.8) is 0 Å². The second-order valence-electron chi connectivity index (χ2n) is 3.72. The Morgan fingerprint density at radius 1 is 1.19 bits per heavy atom. The van der Waals surface area contributed by atoms with Gasteiger partial charge in [0, 0.05) is 11.8 Å². The molecule has 0 aliphatic rings. The van der Waals surface area contributed by atoms with Crippen molar-refractivity contribution in [3.05, 3.63) is 39.9 Å². The molecule has 0 radical (unpaired) electrons. The van der Waals surface area contributed by atoms with Crippen LogP contribution in [0.4, 0.5) is 0 Å². The normalized spacial score (nSPS) is 10.4. The van der Waals surface area contributed by atoms with E-state index in [1.165, 1.54) is 0 Å². The van der Waals surface area contributed by atoms with Gasteiger partial charge in [-0.25, -0.2) is 4.79 Å². The quantitative estimate of drug-likeness (QED) is 0.809. The summed E-state index contributed by atoms with van der Waals surface area (Å²) in [6.07, 6.45) is 1.68. The highest BCUT2D eigenvalue weighted by atomic mass is 16.5. The molecular formula is C12H14N2O2. The Morgan fingerprint density at radius 3 is 2.50 bits per heavy atom. The predicted molar refractivity (Wildman–Crippen MR) is 62.9 cm³/mol. The molecule has 4 heteroatoms. The van der Waals surface area contributed by atoms with E-state index >= 15 is 0 Å². The molecule has 1 heterocycles. The Morgan fingerprint density at radius 2 is 1.94 bits per heavy atom. The summed E-state index contributed by atoms with van der Waals surface area (Å²) in [4.78, 5) is 16.4. The zero-order chi connectivity index (χ0) is 11.7. The van der Waals surface area contributed by atoms with E-state index in [1.807, 2.05) is 26.0 Å². The molecule has 0 aliphatic carbocycles. The van der Waals surface area contributed by atoms with Crippen LogP contribution >= 0.6 is 0 Å². The summed E-state index contributed by atoms with van der Waals surface area (Å²) in [7, 11) is 1.65. The summed E-state index contributed by atoms with van der Waals surface area (Å²) >= 11 is 0. The number of H-pyrrole nitrogens is 2. The predicted octanol–water partition coefficient (Wildman–Crippen LogP) is 2.00. The lowest BCUT2D eigenvalue weighted by Crippen LogP contribution is -2.00. The van der Waals surface area contributed by atoms with Crippen LogP contribution in [0, 0.1) is 13.8 Å². The number of nitrogens with one attached hydrogen (secondary N) is 2. The fourth-order valence-electron chi connectivity index (χ4n) is 1.79. The first kappa shape index (κ1) is 10.5. The minimum atomic E-state index is -0.192. The molecule has 0 atom stereocenters. The van der Waals surface area contributed by atoms with Crippen molar-refractivity contribution in [2.24, 2.45) is 0 Å². The molecule has 0 saturated carbocycles. The van der Waals surface area contributed by atoms with Gasteiger partial charge in [0.25, 0.3) is 0 Å². The summed E-state index contributed by atoms with van der Waals surface area (Å²) in [6, 6.07) is 3.85. The number of methoxy groups -OCH3 is 1. The minimum Gasteiger partial charge on any atom is -0.496 e. The van der Waals surface area contributed by atoms with Gasteiger partial charge >= 0.3 is 5.69 Å². The Kier molecular flexibility index (Phi) is 2.56. The second kappa shape index (κ2) is 3.89. The van der Waals surface area contributed by atoms with Crippen LogP contribution in [0.5, 0.6) is 5.75 Å². The molecule has 0 spiro atoms. The molecule has 1 aromatic carbocycles.